The summed E-state index contributed by atoms with van der Waals surface area (Å²) < 4.78 is 5.04. The molecule has 0 aliphatic rings. The van der Waals surface area contributed by atoms with Gasteiger partial charge in [0.2, 0.25) is 0 Å². The molecule has 0 atom stereocenters. The normalized spacial score (nSPS) is 10.2. The van der Waals surface area contributed by atoms with Crippen LogP contribution in [-0.4, -0.2) is 28.6 Å². The molecule has 7 nitrogen and oxygen atoms in total. The van der Waals surface area contributed by atoms with Crippen molar-refractivity contribution >= 4 is 23.4 Å². The molecule has 2 rings (SSSR count). The van der Waals surface area contributed by atoms with Gasteiger partial charge in [-0.1, -0.05) is 19.9 Å². The molecule has 1 aromatic heterocycles. The summed E-state index contributed by atoms with van der Waals surface area (Å²) in [5.41, 5.74) is 1.26. The highest BCUT2D eigenvalue weighted by Crippen LogP contribution is 2.16. The first-order valence-corrected chi connectivity index (χ1v) is 7.16. The zero-order valence-electron chi connectivity index (χ0n) is 12.9. The van der Waals surface area contributed by atoms with E-state index < -0.39 is 6.09 Å². The van der Waals surface area contributed by atoms with Gasteiger partial charge in [-0.3, -0.25) is 15.1 Å². The lowest BCUT2D eigenvalue weighted by atomic mass is 10.2. The fourth-order valence-corrected chi connectivity index (χ4v) is 1.68. The van der Waals surface area contributed by atoms with E-state index in [1.807, 2.05) is 13.8 Å². The van der Waals surface area contributed by atoms with E-state index in [1.165, 1.54) is 18.6 Å². The molecular formula is C16H18N4O3. The monoisotopic (exact) mass is 314 g/mol. The number of hydrogen-bond acceptors (Lipinski definition) is 5. The first kappa shape index (κ1) is 16.4. The molecule has 7 heteroatoms. The quantitative estimate of drug-likeness (QED) is 0.885. The van der Waals surface area contributed by atoms with E-state index >= 15 is 0 Å². The fourth-order valence-electron chi connectivity index (χ4n) is 1.68. The van der Waals surface area contributed by atoms with Crippen molar-refractivity contribution in [1.29, 1.82) is 0 Å². The van der Waals surface area contributed by atoms with Gasteiger partial charge in [0.1, 0.15) is 5.69 Å². The van der Waals surface area contributed by atoms with Crippen LogP contribution in [0.25, 0.3) is 0 Å². The highest BCUT2D eigenvalue weighted by atomic mass is 16.5. The summed E-state index contributed by atoms with van der Waals surface area (Å²) in [5.74, 6) is -0.115. The maximum Gasteiger partial charge on any atom is 0.411 e. The maximum atomic E-state index is 12.0. The lowest BCUT2D eigenvalue weighted by Crippen LogP contribution is -2.17. The molecule has 0 bridgehead atoms. The van der Waals surface area contributed by atoms with Crippen LogP contribution in [0, 0.1) is 5.92 Å². The topological polar surface area (TPSA) is 93.2 Å². The number of carbonyl (C=O) groups excluding carboxylic acids is 2. The van der Waals surface area contributed by atoms with Crippen molar-refractivity contribution < 1.29 is 14.3 Å². The van der Waals surface area contributed by atoms with Crippen LogP contribution in [0.1, 0.15) is 24.3 Å². The van der Waals surface area contributed by atoms with Crippen molar-refractivity contribution in [3.63, 3.8) is 0 Å². The Hall–Kier alpha value is -2.96. The Morgan fingerprint density at radius 2 is 1.91 bits per heavy atom. The Kier molecular flexibility index (Phi) is 5.62. The number of ether oxygens (including phenoxy) is 1. The van der Waals surface area contributed by atoms with Gasteiger partial charge in [-0.2, -0.15) is 0 Å². The third kappa shape index (κ3) is 5.39. The van der Waals surface area contributed by atoms with Crippen molar-refractivity contribution in [2.24, 2.45) is 5.92 Å². The minimum absolute atomic E-state index is 0.210. The van der Waals surface area contributed by atoms with Gasteiger partial charge in [-0.25, -0.2) is 9.78 Å². The number of nitrogens with one attached hydrogen (secondary N) is 2. The standard InChI is InChI=1S/C16H18N4O3/c1-11(2)10-23-16(22)20-13-5-3-4-12(8-13)19-15(21)14-9-17-6-7-18-14/h3-9,11H,10H2,1-2H3,(H,19,21)(H,20,22). The van der Waals surface area contributed by atoms with E-state index in [4.69, 9.17) is 4.74 Å². The molecule has 23 heavy (non-hydrogen) atoms. The zero-order chi connectivity index (χ0) is 16.7. The predicted molar refractivity (Wildman–Crippen MR) is 86.2 cm³/mol. The van der Waals surface area contributed by atoms with Crippen LogP contribution >= 0.6 is 0 Å². The molecule has 0 fully saturated rings. The van der Waals surface area contributed by atoms with Gasteiger partial charge >= 0.3 is 6.09 Å². The van der Waals surface area contributed by atoms with Crippen LogP contribution < -0.4 is 10.6 Å². The molecule has 0 spiro atoms. The number of benzene rings is 1. The first-order chi connectivity index (χ1) is 11.0. The van der Waals surface area contributed by atoms with Crippen molar-refractivity contribution in [3.05, 3.63) is 48.5 Å². The van der Waals surface area contributed by atoms with Gasteiger partial charge in [0.15, 0.2) is 0 Å². The molecule has 2 aromatic rings. The number of aromatic nitrogens is 2. The number of rotatable bonds is 5. The van der Waals surface area contributed by atoms with E-state index in [2.05, 4.69) is 20.6 Å². The second kappa shape index (κ2) is 7.88. The Morgan fingerprint density at radius 3 is 2.57 bits per heavy atom. The van der Waals surface area contributed by atoms with E-state index in [0.29, 0.717) is 18.0 Å². The van der Waals surface area contributed by atoms with Gasteiger partial charge in [-0.15, -0.1) is 0 Å². The molecule has 0 unspecified atom stereocenters. The number of anilines is 2. The number of hydrogen-bond donors (Lipinski definition) is 2. The maximum absolute atomic E-state index is 12.0. The molecule has 0 saturated heterocycles. The van der Waals surface area contributed by atoms with Gasteiger partial charge < -0.3 is 10.1 Å². The lowest BCUT2D eigenvalue weighted by Gasteiger charge is -2.10. The summed E-state index contributed by atoms with van der Waals surface area (Å²) in [6.45, 7) is 4.25. The second-order valence-corrected chi connectivity index (χ2v) is 5.24. The van der Waals surface area contributed by atoms with Gasteiger partial charge in [0.05, 0.1) is 12.8 Å². The average molecular weight is 314 g/mol. The van der Waals surface area contributed by atoms with Crippen LogP contribution in [0.5, 0.6) is 0 Å². The van der Waals surface area contributed by atoms with Crippen LogP contribution in [0.15, 0.2) is 42.9 Å². The lowest BCUT2D eigenvalue weighted by molar-refractivity contribution is 0.102. The van der Waals surface area contributed by atoms with Crippen LogP contribution in [0.3, 0.4) is 0 Å². The molecule has 2 N–H and O–H groups in total. The van der Waals surface area contributed by atoms with Gasteiger partial charge in [0.25, 0.3) is 5.91 Å². The van der Waals surface area contributed by atoms with Crippen LogP contribution in [-0.2, 0) is 4.74 Å². The second-order valence-electron chi connectivity index (χ2n) is 5.24. The van der Waals surface area contributed by atoms with Crippen molar-refractivity contribution in [1.82, 2.24) is 9.97 Å². The third-order valence-electron chi connectivity index (χ3n) is 2.71. The van der Waals surface area contributed by atoms with Crippen LogP contribution in [0.2, 0.25) is 0 Å². The summed E-state index contributed by atoms with van der Waals surface area (Å²) >= 11 is 0. The fraction of sp³-hybridized carbons (Fsp3) is 0.250. The Bertz CT molecular complexity index is 674. The minimum Gasteiger partial charge on any atom is -0.449 e. The third-order valence-corrected chi connectivity index (χ3v) is 2.71. The van der Waals surface area contributed by atoms with Crippen molar-refractivity contribution in [2.75, 3.05) is 17.2 Å². The molecular weight excluding hydrogens is 296 g/mol. The SMILES string of the molecule is CC(C)COC(=O)Nc1cccc(NC(=O)c2cnccn2)c1. The summed E-state index contributed by atoms with van der Waals surface area (Å²) in [6.07, 6.45) is 3.78. The molecule has 0 radical (unpaired) electrons. The molecule has 0 saturated carbocycles. The van der Waals surface area contributed by atoms with Crippen LogP contribution in [0.4, 0.5) is 16.2 Å². The highest BCUT2D eigenvalue weighted by Gasteiger charge is 2.09. The van der Waals surface area contributed by atoms with E-state index in [1.54, 1.807) is 24.3 Å². The smallest absolute Gasteiger partial charge is 0.411 e. The minimum atomic E-state index is -0.531. The highest BCUT2D eigenvalue weighted by molar-refractivity contribution is 6.03. The van der Waals surface area contributed by atoms with Crippen molar-refractivity contribution in [2.45, 2.75) is 13.8 Å². The molecule has 120 valence electrons. The molecule has 1 heterocycles. The Balaban J connectivity index is 1.97. The van der Waals surface area contributed by atoms with E-state index in [9.17, 15) is 9.59 Å². The predicted octanol–water partition coefficient (Wildman–Crippen LogP) is 2.93. The number of amides is 2. The summed E-state index contributed by atoms with van der Waals surface area (Å²) in [7, 11) is 0. The molecule has 0 aliphatic carbocycles. The number of nitrogens with zero attached hydrogens (tertiary/aromatic N) is 2. The van der Waals surface area contributed by atoms with Gasteiger partial charge in [-0.05, 0) is 24.1 Å². The molecule has 2 amide bonds. The Morgan fingerprint density at radius 1 is 1.17 bits per heavy atom. The largest absolute Gasteiger partial charge is 0.449 e. The van der Waals surface area contributed by atoms with E-state index in [0.717, 1.165) is 0 Å². The number of carbonyl (C=O) groups is 2. The molecule has 0 aliphatic heterocycles. The van der Waals surface area contributed by atoms with Crippen molar-refractivity contribution in [3.8, 4) is 0 Å². The first-order valence-electron chi connectivity index (χ1n) is 7.16. The summed E-state index contributed by atoms with van der Waals surface area (Å²) in [4.78, 5) is 31.4. The van der Waals surface area contributed by atoms with Gasteiger partial charge in [0, 0.05) is 23.8 Å². The average Bonchev–Trinajstić information content (AvgIpc) is 2.54. The molecule has 1 aromatic carbocycles. The Labute approximate surface area is 134 Å². The zero-order valence-corrected chi connectivity index (χ0v) is 12.9. The summed E-state index contributed by atoms with van der Waals surface area (Å²) in [5, 5.41) is 5.30. The van der Waals surface area contributed by atoms with E-state index in [-0.39, 0.29) is 17.5 Å². The summed E-state index contributed by atoms with van der Waals surface area (Å²) in [6, 6.07) is 6.75.